The van der Waals surface area contributed by atoms with Gasteiger partial charge >= 0.3 is 11.3 Å². The monoisotopic (exact) mass is 432 g/mol. The van der Waals surface area contributed by atoms with Crippen LogP contribution in [-0.4, -0.2) is 10.2 Å². The molecule has 164 valence electrons. The molecule has 32 heavy (non-hydrogen) atoms. The van der Waals surface area contributed by atoms with Gasteiger partial charge in [0.25, 0.3) is 0 Å². The number of aliphatic hydroxyl groups is 2. The molecule has 0 radical (unpaired) electrons. The molecule has 0 saturated carbocycles. The van der Waals surface area contributed by atoms with Crippen LogP contribution in [-0.2, 0) is 12.8 Å². The van der Waals surface area contributed by atoms with E-state index in [0.717, 1.165) is 71.6 Å². The van der Waals surface area contributed by atoms with Crippen LogP contribution in [0.4, 0.5) is 0 Å². The van der Waals surface area contributed by atoms with Crippen molar-refractivity contribution in [2.75, 3.05) is 0 Å². The number of hydrogen-bond donors (Lipinski definition) is 2. The Morgan fingerprint density at radius 3 is 1.47 bits per heavy atom. The molecule has 2 atom stereocenters. The van der Waals surface area contributed by atoms with Crippen LogP contribution in [0.3, 0.4) is 0 Å². The normalized spacial score (nSPS) is 19.7. The first-order chi connectivity index (χ1) is 15.5. The molecular weight excluding hydrogens is 408 g/mol. The molecule has 0 amide bonds. The van der Waals surface area contributed by atoms with E-state index in [-0.39, 0.29) is 11.3 Å². The van der Waals surface area contributed by atoms with Crippen LogP contribution in [0.25, 0.3) is 21.9 Å². The third kappa shape index (κ3) is 3.76. The van der Waals surface area contributed by atoms with E-state index in [9.17, 15) is 19.8 Å². The van der Waals surface area contributed by atoms with Gasteiger partial charge in [0, 0.05) is 34.0 Å². The van der Waals surface area contributed by atoms with Gasteiger partial charge in [0.15, 0.2) is 0 Å². The van der Waals surface area contributed by atoms with Crippen LogP contribution >= 0.6 is 0 Å². The summed E-state index contributed by atoms with van der Waals surface area (Å²) in [6.07, 6.45) is 4.35. The van der Waals surface area contributed by atoms with Gasteiger partial charge in [-0.05, 0) is 61.8 Å². The van der Waals surface area contributed by atoms with Crippen molar-refractivity contribution in [3.8, 4) is 0 Å². The van der Waals surface area contributed by atoms with E-state index in [1.165, 1.54) is 12.1 Å². The maximum atomic E-state index is 11.2. The lowest BCUT2D eigenvalue weighted by molar-refractivity contribution is 0.156. The minimum Gasteiger partial charge on any atom is -0.422 e. The van der Waals surface area contributed by atoms with Crippen molar-refractivity contribution in [2.24, 2.45) is 0 Å². The molecule has 0 spiro atoms. The summed E-state index contributed by atoms with van der Waals surface area (Å²) < 4.78 is 10.5. The van der Waals surface area contributed by atoms with E-state index < -0.39 is 12.2 Å². The number of aliphatic hydroxyl groups excluding tert-OH is 2. The highest BCUT2D eigenvalue weighted by atomic mass is 16.4. The van der Waals surface area contributed by atoms with E-state index in [0.29, 0.717) is 11.2 Å². The molecule has 6 heteroatoms. The summed E-state index contributed by atoms with van der Waals surface area (Å²) in [5, 5.41) is 21.6. The van der Waals surface area contributed by atoms with E-state index in [2.05, 4.69) is 0 Å². The molecule has 6 rings (SSSR count). The summed E-state index contributed by atoms with van der Waals surface area (Å²) in [7, 11) is 0. The lowest BCUT2D eigenvalue weighted by atomic mass is 9.88. The SMILES string of the molecule is O=c1ccc2ccc3c(c2o1)CCC[C@@H]3O.O=c1ccc2ccc3c(c2o1)CCC[C@@H]3O. The second-order valence-corrected chi connectivity index (χ2v) is 8.43. The van der Waals surface area contributed by atoms with Gasteiger partial charge in [-0.1, -0.05) is 24.3 Å². The van der Waals surface area contributed by atoms with E-state index in [1.807, 2.05) is 24.3 Å². The Labute approximate surface area is 183 Å². The molecule has 2 aliphatic rings. The standard InChI is InChI=1S/2C13H12O3/c2*14-11-3-1-2-10-9(11)6-4-8-5-7-12(15)16-13(8)10/h2*4-7,11,14H,1-3H2/t2*11-/m00/s1. The Balaban J connectivity index is 0.000000135. The minimum atomic E-state index is -0.418. The lowest BCUT2D eigenvalue weighted by Gasteiger charge is -2.21. The molecule has 2 aliphatic carbocycles. The fourth-order valence-electron chi connectivity index (χ4n) is 4.81. The van der Waals surface area contributed by atoms with Crippen molar-refractivity contribution in [1.82, 2.24) is 0 Å². The first-order valence-electron chi connectivity index (χ1n) is 11.0. The van der Waals surface area contributed by atoms with Gasteiger partial charge in [0.2, 0.25) is 0 Å². The minimum absolute atomic E-state index is 0.332. The van der Waals surface area contributed by atoms with Crippen LogP contribution in [0.15, 0.2) is 67.0 Å². The molecular formula is C26H24O6. The van der Waals surface area contributed by atoms with Gasteiger partial charge in [-0.15, -0.1) is 0 Å². The number of fused-ring (bicyclic) bond motifs is 6. The molecule has 0 bridgehead atoms. The highest BCUT2D eigenvalue weighted by molar-refractivity contribution is 5.82. The van der Waals surface area contributed by atoms with E-state index in [1.54, 1.807) is 12.1 Å². The maximum Gasteiger partial charge on any atom is 0.336 e. The fraction of sp³-hybridized carbons (Fsp3) is 0.308. The molecule has 2 heterocycles. The predicted molar refractivity (Wildman–Crippen MR) is 121 cm³/mol. The zero-order chi connectivity index (χ0) is 22.2. The smallest absolute Gasteiger partial charge is 0.336 e. The number of rotatable bonds is 0. The number of benzene rings is 2. The largest absolute Gasteiger partial charge is 0.422 e. The molecule has 0 unspecified atom stereocenters. The van der Waals surface area contributed by atoms with Crippen molar-refractivity contribution < 1.29 is 19.0 Å². The molecule has 6 nitrogen and oxygen atoms in total. The molecule has 2 aromatic heterocycles. The van der Waals surface area contributed by atoms with Crippen molar-refractivity contribution in [1.29, 1.82) is 0 Å². The van der Waals surface area contributed by atoms with Crippen molar-refractivity contribution in [3.63, 3.8) is 0 Å². The van der Waals surface area contributed by atoms with Gasteiger partial charge in [-0.2, -0.15) is 0 Å². The van der Waals surface area contributed by atoms with Crippen LogP contribution in [0, 0.1) is 0 Å². The van der Waals surface area contributed by atoms with E-state index >= 15 is 0 Å². The molecule has 0 aliphatic heterocycles. The second kappa shape index (κ2) is 8.37. The zero-order valence-electron chi connectivity index (χ0n) is 17.5. The quantitative estimate of drug-likeness (QED) is 0.401. The molecule has 2 aromatic carbocycles. The van der Waals surface area contributed by atoms with Crippen molar-refractivity contribution in [3.05, 3.63) is 91.6 Å². The Morgan fingerprint density at radius 2 is 1.03 bits per heavy atom. The molecule has 4 aromatic rings. The lowest BCUT2D eigenvalue weighted by Crippen LogP contribution is -2.10. The molecule has 0 fully saturated rings. The van der Waals surface area contributed by atoms with Gasteiger partial charge in [-0.3, -0.25) is 0 Å². The number of hydrogen-bond acceptors (Lipinski definition) is 6. The number of aryl methyl sites for hydroxylation is 2. The maximum absolute atomic E-state index is 11.2. The predicted octanol–water partition coefficient (Wildman–Crippen LogP) is 4.33. The van der Waals surface area contributed by atoms with Gasteiger partial charge in [0.1, 0.15) is 11.2 Å². The molecule has 0 saturated heterocycles. The third-order valence-electron chi connectivity index (χ3n) is 6.38. The highest BCUT2D eigenvalue weighted by Gasteiger charge is 2.22. The van der Waals surface area contributed by atoms with Crippen molar-refractivity contribution >= 4 is 21.9 Å². The van der Waals surface area contributed by atoms with Crippen LogP contribution < -0.4 is 11.3 Å². The summed E-state index contributed by atoms with van der Waals surface area (Å²) in [5.41, 5.74) is 4.43. The van der Waals surface area contributed by atoms with Gasteiger partial charge in [-0.25, -0.2) is 9.59 Å². The Hall–Kier alpha value is -3.22. The summed E-state index contributed by atoms with van der Waals surface area (Å²) >= 11 is 0. The third-order valence-corrected chi connectivity index (χ3v) is 6.38. The summed E-state index contributed by atoms with van der Waals surface area (Å²) in [4.78, 5) is 22.4. The second-order valence-electron chi connectivity index (χ2n) is 8.43. The summed E-state index contributed by atoms with van der Waals surface area (Å²) in [5.74, 6) is 0. The van der Waals surface area contributed by atoms with Crippen molar-refractivity contribution in [2.45, 2.75) is 50.7 Å². The first-order valence-corrected chi connectivity index (χ1v) is 11.0. The van der Waals surface area contributed by atoms with Gasteiger partial charge < -0.3 is 19.0 Å². The molecule has 2 N–H and O–H groups in total. The Kier molecular flexibility index (Phi) is 5.41. The Bertz CT molecular complexity index is 1300. The Morgan fingerprint density at radius 1 is 0.625 bits per heavy atom. The zero-order valence-corrected chi connectivity index (χ0v) is 17.5. The average molecular weight is 432 g/mol. The van der Waals surface area contributed by atoms with Crippen LogP contribution in [0.5, 0.6) is 0 Å². The topological polar surface area (TPSA) is 101 Å². The van der Waals surface area contributed by atoms with E-state index in [4.69, 9.17) is 8.83 Å². The highest BCUT2D eigenvalue weighted by Crippen LogP contribution is 2.35. The summed E-state index contributed by atoms with van der Waals surface area (Å²) in [6.45, 7) is 0. The fourth-order valence-corrected chi connectivity index (χ4v) is 4.81. The average Bonchev–Trinajstić information content (AvgIpc) is 2.80. The summed E-state index contributed by atoms with van der Waals surface area (Å²) in [6, 6.07) is 14.0. The van der Waals surface area contributed by atoms with Crippen LogP contribution in [0.1, 0.15) is 60.1 Å². The first kappa shape index (κ1) is 20.7. The van der Waals surface area contributed by atoms with Crippen LogP contribution in [0.2, 0.25) is 0 Å². The van der Waals surface area contributed by atoms with Gasteiger partial charge in [0.05, 0.1) is 12.2 Å².